The van der Waals surface area contributed by atoms with Gasteiger partial charge >= 0.3 is 0 Å². The van der Waals surface area contributed by atoms with Gasteiger partial charge in [-0.25, -0.2) is 0 Å². The molecule has 2 fully saturated rings. The highest BCUT2D eigenvalue weighted by molar-refractivity contribution is 6.00. The molecule has 0 aliphatic heterocycles. The fourth-order valence-corrected chi connectivity index (χ4v) is 3.82. The second kappa shape index (κ2) is 7.18. The molecule has 0 aromatic carbocycles. The molecular weight excluding hydrogens is 240 g/mol. The quantitative estimate of drug-likeness (QED) is 0.789. The summed E-state index contributed by atoms with van der Waals surface area (Å²) in [5, 5.41) is 0. The van der Waals surface area contributed by atoms with Crippen molar-refractivity contribution in [3.05, 3.63) is 0 Å². The number of carbonyl (C=O) groups excluding carboxylic acids is 2. The summed E-state index contributed by atoms with van der Waals surface area (Å²) < 4.78 is 5.39. The van der Waals surface area contributed by atoms with Crippen molar-refractivity contribution in [2.75, 3.05) is 7.11 Å². The van der Waals surface area contributed by atoms with Crippen LogP contribution in [-0.4, -0.2) is 24.8 Å². The molecule has 3 heteroatoms. The fourth-order valence-electron chi connectivity index (χ4n) is 3.82. The van der Waals surface area contributed by atoms with E-state index >= 15 is 0 Å². The minimum Gasteiger partial charge on any atom is -0.381 e. The third-order valence-electron chi connectivity index (χ3n) is 4.69. The van der Waals surface area contributed by atoms with Gasteiger partial charge in [0.15, 0.2) is 0 Å². The molecule has 19 heavy (non-hydrogen) atoms. The molecular formula is C16H28O3. The predicted octanol–water partition coefficient (Wildman–Crippen LogP) is 3.26. The predicted molar refractivity (Wildman–Crippen MR) is 75.9 cm³/mol. The maximum atomic E-state index is 12.5. The Morgan fingerprint density at radius 3 is 2.00 bits per heavy atom. The number of ether oxygens (including phenoxy) is 1. The average molecular weight is 268 g/mol. The molecule has 5 atom stereocenters. The van der Waals surface area contributed by atoms with Gasteiger partial charge in [-0.3, -0.25) is 9.59 Å². The summed E-state index contributed by atoms with van der Waals surface area (Å²) in [6.07, 6.45) is 3.24. The number of hydrogen-bond acceptors (Lipinski definition) is 3. The molecule has 0 bridgehead atoms. The first kappa shape index (κ1) is 16.4. The van der Waals surface area contributed by atoms with Gasteiger partial charge in [-0.1, -0.05) is 27.7 Å². The molecule has 0 spiro atoms. The monoisotopic (exact) mass is 268 g/mol. The molecule has 2 aliphatic rings. The van der Waals surface area contributed by atoms with Gasteiger partial charge in [-0.15, -0.1) is 0 Å². The Balaban J connectivity index is 0.000000861. The van der Waals surface area contributed by atoms with E-state index in [1.54, 1.807) is 7.11 Å². The summed E-state index contributed by atoms with van der Waals surface area (Å²) in [5.74, 6) is 0.297. The van der Waals surface area contributed by atoms with Crippen LogP contribution >= 0.6 is 0 Å². The number of fused-ring (bicyclic) bond motifs is 1. The normalized spacial score (nSPS) is 37.6. The van der Waals surface area contributed by atoms with Crippen molar-refractivity contribution in [1.82, 2.24) is 0 Å². The SMILES string of the molecule is CC.CCC1C(=O)C2CCC(OC)C2C(=O)C1CC. The van der Waals surface area contributed by atoms with Crippen molar-refractivity contribution in [3.8, 4) is 0 Å². The van der Waals surface area contributed by atoms with Gasteiger partial charge in [0, 0.05) is 24.9 Å². The van der Waals surface area contributed by atoms with E-state index in [9.17, 15) is 9.59 Å². The Morgan fingerprint density at radius 2 is 1.53 bits per heavy atom. The lowest BCUT2D eigenvalue weighted by atomic mass is 9.65. The van der Waals surface area contributed by atoms with Gasteiger partial charge in [-0.2, -0.15) is 0 Å². The molecule has 0 amide bonds. The summed E-state index contributed by atoms with van der Waals surface area (Å²) in [6, 6.07) is 0. The first-order valence-corrected chi connectivity index (χ1v) is 7.75. The van der Waals surface area contributed by atoms with E-state index in [-0.39, 0.29) is 35.6 Å². The molecule has 0 radical (unpaired) electrons. The second-order valence-electron chi connectivity index (χ2n) is 5.32. The first-order chi connectivity index (χ1) is 9.15. The van der Waals surface area contributed by atoms with Crippen LogP contribution in [0.2, 0.25) is 0 Å². The van der Waals surface area contributed by atoms with Crippen molar-refractivity contribution < 1.29 is 14.3 Å². The van der Waals surface area contributed by atoms with E-state index in [1.165, 1.54) is 0 Å². The van der Waals surface area contributed by atoms with Crippen molar-refractivity contribution in [2.45, 2.75) is 59.5 Å². The highest BCUT2D eigenvalue weighted by Crippen LogP contribution is 2.45. The van der Waals surface area contributed by atoms with Gasteiger partial charge in [0.2, 0.25) is 0 Å². The van der Waals surface area contributed by atoms with E-state index in [4.69, 9.17) is 4.74 Å². The van der Waals surface area contributed by atoms with Gasteiger partial charge in [0.05, 0.1) is 12.0 Å². The number of rotatable bonds is 3. The lowest BCUT2D eigenvalue weighted by Gasteiger charge is -2.36. The van der Waals surface area contributed by atoms with Crippen LogP contribution in [0, 0.1) is 23.7 Å². The van der Waals surface area contributed by atoms with Crippen LogP contribution in [0.3, 0.4) is 0 Å². The minimum atomic E-state index is -0.153. The summed E-state index contributed by atoms with van der Waals surface area (Å²) in [5.41, 5.74) is 0. The van der Waals surface area contributed by atoms with Crippen molar-refractivity contribution in [3.63, 3.8) is 0 Å². The number of hydrogen-bond donors (Lipinski definition) is 0. The minimum absolute atomic E-state index is 0.0247. The van der Waals surface area contributed by atoms with E-state index in [0.717, 1.165) is 25.7 Å². The van der Waals surface area contributed by atoms with Crippen LogP contribution in [0.4, 0.5) is 0 Å². The van der Waals surface area contributed by atoms with Crippen LogP contribution in [0.25, 0.3) is 0 Å². The molecule has 0 saturated heterocycles. The fraction of sp³-hybridized carbons (Fsp3) is 0.875. The second-order valence-corrected chi connectivity index (χ2v) is 5.32. The maximum Gasteiger partial charge on any atom is 0.143 e. The number of ketones is 2. The van der Waals surface area contributed by atoms with Gasteiger partial charge < -0.3 is 4.74 Å². The lowest BCUT2D eigenvalue weighted by molar-refractivity contribution is -0.149. The van der Waals surface area contributed by atoms with Gasteiger partial charge in [0.1, 0.15) is 11.6 Å². The molecule has 0 heterocycles. The van der Waals surface area contributed by atoms with Crippen LogP contribution in [0.1, 0.15) is 53.4 Å². The van der Waals surface area contributed by atoms with Crippen LogP contribution in [0.5, 0.6) is 0 Å². The van der Waals surface area contributed by atoms with Crippen LogP contribution in [-0.2, 0) is 14.3 Å². The Kier molecular flexibility index (Phi) is 6.18. The van der Waals surface area contributed by atoms with Crippen molar-refractivity contribution in [2.24, 2.45) is 23.7 Å². The number of methoxy groups -OCH3 is 1. The molecule has 2 saturated carbocycles. The largest absolute Gasteiger partial charge is 0.381 e. The van der Waals surface area contributed by atoms with Crippen molar-refractivity contribution in [1.29, 1.82) is 0 Å². The van der Waals surface area contributed by atoms with E-state index in [1.807, 2.05) is 27.7 Å². The van der Waals surface area contributed by atoms with Gasteiger partial charge in [-0.05, 0) is 25.7 Å². The summed E-state index contributed by atoms with van der Waals surface area (Å²) >= 11 is 0. The highest BCUT2D eigenvalue weighted by Gasteiger charge is 2.53. The Morgan fingerprint density at radius 1 is 1.00 bits per heavy atom. The average Bonchev–Trinajstić information content (AvgIpc) is 2.89. The van der Waals surface area contributed by atoms with E-state index in [2.05, 4.69) is 0 Å². The zero-order valence-corrected chi connectivity index (χ0v) is 12.9. The van der Waals surface area contributed by atoms with Crippen LogP contribution < -0.4 is 0 Å². The zero-order valence-electron chi connectivity index (χ0n) is 12.9. The third kappa shape index (κ3) is 2.76. The Labute approximate surface area is 117 Å². The topological polar surface area (TPSA) is 43.4 Å². The van der Waals surface area contributed by atoms with Crippen LogP contribution in [0.15, 0.2) is 0 Å². The molecule has 110 valence electrons. The first-order valence-electron chi connectivity index (χ1n) is 7.75. The molecule has 2 rings (SSSR count). The molecule has 0 N–H and O–H groups in total. The van der Waals surface area contributed by atoms with E-state index < -0.39 is 0 Å². The molecule has 0 aromatic heterocycles. The lowest BCUT2D eigenvalue weighted by Crippen LogP contribution is -2.48. The smallest absolute Gasteiger partial charge is 0.143 e. The maximum absolute atomic E-state index is 12.5. The molecule has 2 aliphatic carbocycles. The molecule has 3 nitrogen and oxygen atoms in total. The Hall–Kier alpha value is -0.700. The van der Waals surface area contributed by atoms with E-state index in [0.29, 0.717) is 5.78 Å². The third-order valence-corrected chi connectivity index (χ3v) is 4.69. The highest BCUT2D eigenvalue weighted by atomic mass is 16.5. The van der Waals surface area contributed by atoms with Crippen molar-refractivity contribution >= 4 is 11.6 Å². The Bertz CT molecular complexity index is 324. The summed E-state index contributed by atoms with van der Waals surface area (Å²) in [6.45, 7) is 8.02. The molecule has 5 unspecified atom stereocenters. The summed E-state index contributed by atoms with van der Waals surface area (Å²) in [7, 11) is 1.65. The standard InChI is InChI=1S/C14H22O3.C2H6/c1-4-8-9(5-2)14(16)12-10(13(8)15)6-7-11(12)17-3;1-2/h8-12H,4-7H2,1-3H3;1-2H3. The molecule has 0 aromatic rings. The number of Topliss-reactive ketones (excluding diaryl/α,β-unsaturated/α-hetero) is 2. The van der Waals surface area contributed by atoms with Gasteiger partial charge in [0.25, 0.3) is 0 Å². The summed E-state index contributed by atoms with van der Waals surface area (Å²) in [4.78, 5) is 24.9. The zero-order chi connectivity index (χ0) is 14.6. The number of carbonyl (C=O) groups is 2.